The van der Waals surface area contributed by atoms with Crippen LogP contribution in [0, 0.1) is 26.2 Å². The molecule has 0 unspecified atom stereocenters. The second-order valence-corrected chi connectivity index (χ2v) is 4.91. The lowest BCUT2D eigenvalue weighted by Gasteiger charge is -2.12. The van der Waals surface area contributed by atoms with Crippen LogP contribution in [0.2, 0.25) is 5.02 Å². The second kappa shape index (κ2) is 5.85. The molecular formula is C16H15ClN2O. The standard InChI is InChI=1S/C16H15ClN2O/c1-4-9-18-16(20)14-10-13(7-8-15(14)17)19-11(2)5-6-12(19)3/h1,5-8,10H,9H2,2-3H3,(H,18,20). The van der Waals surface area contributed by atoms with Crippen LogP contribution in [0.5, 0.6) is 0 Å². The molecule has 2 rings (SSSR count). The number of halogens is 1. The van der Waals surface area contributed by atoms with E-state index in [1.54, 1.807) is 12.1 Å². The van der Waals surface area contributed by atoms with Crippen molar-refractivity contribution < 1.29 is 4.79 Å². The molecule has 1 amide bonds. The fraction of sp³-hybridized carbons (Fsp3) is 0.188. The van der Waals surface area contributed by atoms with E-state index in [0.29, 0.717) is 10.6 Å². The highest BCUT2D eigenvalue weighted by Gasteiger charge is 2.12. The van der Waals surface area contributed by atoms with E-state index >= 15 is 0 Å². The Morgan fingerprint density at radius 3 is 2.55 bits per heavy atom. The summed E-state index contributed by atoms with van der Waals surface area (Å²) in [5.74, 6) is 2.10. The molecule has 0 aliphatic heterocycles. The van der Waals surface area contributed by atoms with E-state index in [4.69, 9.17) is 18.0 Å². The summed E-state index contributed by atoms with van der Waals surface area (Å²) < 4.78 is 2.06. The number of amides is 1. The summed E-state index contributed by atoms with van der Waals surface area (Å²) in [7, 11) is 0. The summed E-state index contributed by atoms with van der Waals surface area (Å²) in [6, 6.07) is 9.44. The normalized spacial score (nSPS) is 10.1. The lowest BCUT2D eigenvalue weighted by atomic mass is 10.1. The van der Waals surface area contributed by atoms with Gasteiger partial charge in [0, 0.05) is 17.1 Å². The van der Waals surface area contributed by atoms with Crippen LogP contribution in [-0.4, -0.2) is 17.0 Å². The van der Waals surface area contributed by atoms with Gasteiger partial charge in [-0.05, 0) is 44.2 Å². The molecule has 0 saturated heterocycles. The Bertz CT molecular complexity index is 675. The maximum atomic E-state index is 12.0. The molecule has 20 heavy (non-hydrogen) atoms. The summed E-state index contributed by atoms with van der Waals surface area (Å²) in [5.41, 5.74) is 3.52. The van der Waals surface area contributed by atoms with E-state index in [0.717, 1.165) is 17.1 Å². The van der Waals surface area contributed by atoms with E-state index < -0.39 is 0 Å². The molecule has 3 nitrogen and oxygen atoms in total. The molecule has 102 valence electrons. The summed E-state index contributed by atoms with van der Waals surface area (Å²) in [6.07, 6.45) is 5.14. The van der Waals surface area contributed by atoms with Gasteiger partial charge in [-0.1, -0.05) is 17.5 Å². The molecule has 0 saturated carbocycles. The van der Waals surface area contributed by atoms with Crippen LogP contribution in [0.15, 0.2) is 30.3 Å². The molecule has 0 fully saturated rings. The number of nitrogens with one attached hydrogen (secondary N) is 1. The van der Waals surface area contributed by atoms with E-state index in [9.17, 15) is 4.79 Å². The van der Waals surface area contributed by atoms with Gasteiger partial charge in [0.25, 0.3) is 5.91 Å². The molecule has 1 N–H and O–H groups in total. The molecule has 1 aromatic carbocycles. The van der Waals surface area contributed by atoms with E-state index in [1.165, 1.54) is 0 Å². The SMILES string of the molecule is C#CCNC(=O)c1cc(-n2c(C)ccc2C)ccc1Cl. The highest BCUT2D eigenvalue weighted by molar-refractivity contribution is 6.33. The number of nitrogens with zero attached hydrogens (tertiary/aromatic N) is 1. The lowest BCUT2D eigenvalue weighted by molar-refractivity contribution is 0.0959. The van der Waals surface area contributed by atoms with Gasteiger partial charge in [-0.2, -0.15) is 0 Å². The van der Waals surface area contributed by atoms with Gasteiger partial charge in [0.15, 0.2) is 0 Å². The van der Waals surface area contributed by atoms with Crippen LogP contribution in [0.1, 0.15) is 21.7 Å². The van der Waals surface area contributed by atoms with Crippen LogP contribution < -0.4 is 5.32 Å². The van der Waals surface area contributed by atoms with Crippen molar-refractivity contribution in [3.05, 3.63) is 52.3 Å². The first-order valence-electron chi connectivity index (χ1n) is 6.21. The zero-order valence-corrected chi connectivity index (χ0v) is 12.2. The molecule has 1 aromatic heterocycles. The minimum absolute atomic E-state index is 0.182. The van der Waals surface area contributed by atoms with Crippen LogP contribution >= 0.6 is 11.6 Å². The van der Waals surface area contributed by atoms with Crippen molar-refractivity contribution in [3.63, 3.8) is 0 Å². The molecule has 0 aliphatic rings. The maximum Gasteiger partial charge on any atom is 0.253 e. The van der Waals surface area contributed by atoms with Gasteiger partial charge < -0.3 is 9.88 Å². The molecule has 4 heteroatoms. The van der Waals surface area contributed by atoms with Gasteiger partial charge in [0.05, 0.1) is 17.1 Å². The zero-order valence-electron chi connectivity index (χ0n) is 11.4. The third-order valence-corrected chi connectivity index (χ3v) is 3.40. The van der Waals surface area contributed by atoms with E-state index in [1.807, 2.05) is 32.0 Å². The summed E-state index contributed by atoms with van der Waals surface area (Å²) in [5, 5.41) is 3.03. The summed E-state index contributed by atoms with van der Waals surface area (Å²) in [6.45, 7) is 4.21. The largest absolute Gasteiger partial charge is 0.341 e. The van der Waals surface area contributed by atoms with E-state index in [2.05, 4.69) is 15.8 Å². The Morgan fingerprint density at radius 1 is 1.30 bits per heavy atom. The number of rotatable bonds is 3. The average Bonchev–Trinajstić information content (AvgIpc) is 2.76. The number of aromatic nitrogens is 1. The zero-order chi connectivity index (χ0) is 14.7. The monoisotopic (exact) mass is 286 g/mol. The molecule has 0 spiro atoms. The number of terminal acetylenes is 1. The highest BCUT2D eigenvalue weighted by Crippen LogP contribution is 2.22. The fourth-order valence-corrected chi connectivity index (χ4v) is 2.33. The van der Waals surface area contributed by atoms with Crippen LogP contribution in [-0.2, 0) is 0 Å². The Balaban J connectivity index is 2.44. The minimum Gasteiger partial charge on any atom is -0.341 e. The van der Waals surface area contributed by atoms with Gasteiger partial charge >= 0.3 is 0 Å². The van der Waals surface area contributed by atoms with Gasteiger partial charge in [0.2, 0.25) is 0 Å². The van der Waals surface area contributed by atoms with Gasteiger partial charge in [0.1, 0.15) is 0 Å². The van der Waals surface area contributed by atoms with Crippen molar-refractivity contribution in [3.8, 4) is 18.0 Å². The van der Waals surface area contributed by atoms with Crippen molar-refractivity contribution in [2.45, 2.75) is 13.8 Å². The number of carbonyl (C=O) groups excluding carboxylic acids is 1. The lowest BCUT2D eigenvalue weighted by Crippen LogP contribution is -2.24. The topological polar surface area (TPSA) is 34.0 Å². The summed E-state index contributed by atoms with van der Waals surface area (Å²) in [4.78, 5) is 12.0. The molecule has 0 radical (unpaired) electrons. The predicted molar refractivity (Wildman–Crippen MR) is 81.4 cm³/mol. The quantitative estimate of drug-likeness (QED) is 0.864. The number of hydrogen-bond acceptors (Lipinski definition) is 1. The highest BCUT2D eigenvalue weighted by atomic mass is 35.5. The van der Waals surface area contributed by atoms with Gasteiger partial charge in [-0.25, -0.2) is 0 Å². The van der Waals surface area contributed by atoms with Crippen LogP contribution in [0.25, 0.3) is 5.69 Å². The molecule has 0 bridgehead atoms. The molecule has 0 atom stereocenters. The maximum absolute atomic E-state index is 12.0. The first kappa shape index (κ1) is 14.2. The van der Waals surface area contributed by atoms with Crippen molar-refractivity contribution in [2.75, 3.05) is 6.54 Å². The molecule has 0 aliphatic carbocycles. The van der Waals surface area contributed by atoms with Gasteiger partial charge in [-0.3, -0.25) is 4.79 Å². The van der Waals surface area contributed by atoms with Gasteiger partial charge in [-0.15, -0.1) is 6.42 Å². The fourth-order valence-electron chi connectivity index (χ4n) is 2.13. The third-order valence-electron chi connectivity index (χ3n) is 3.07. The van der Waals surface area contributed by atoms with E-state index in [-0.39, 0.29) is 12.5 Å². The van der Waals surface area contributed by atoms with Crippen molar-refractivity contribution >= 4 is 17.5 Å². The molecule has 1 heterocycles. The first-order chi connectivity index (χ1) is 9.54. The average molecular weight is 287 g/mol. The Hall–Kier alpha value is -2.18. The Morgan fingerprint density at radius 2 is 1.95 bits per heavy atom. The van der Waals surface area contributed by atoms with Crippen molar-refractivity contribution in [2.24, 2.45) is 0 Å². The molecule has 2 aromatic rings. The second-order valence-electron chi connectivity index (χ2n) is 4.50. The first-order valence-corrected chi connectivity index (χ1v) is 6.59. The Kier molecular flexibility index (Phi) is 4.16. The Labute approximate surface area is 123 Å². The van der Waals surface area contributed by atoms with Crippen LogP contribution in [0.3, 0.4) is 0 Å². The number of hydrogen-bond donors (Lipinski definition) is 1. The van der Waals surface area contributed by atoms with Crippen molar-refractivity contribution in [1.82, 2.24) is 9.88 Å². The number of benzene rings is 1. The predicted octanol–water partition coefficient (Wildman–Crippen LogP) is 3.11. The number of carbonyl (C=O) groups is 1. The molecular weight excluding hydrogens is 272 g/mol. The number of aryl methyl sites for hydroxylation is 2. The smallest absolute Gasteiger partial charge is 0.253 e. The van der Waals surface area contributed by atoms with Crippen LogP contribution in [0.4, 0.5) is 0 Å². The van der Waals surface area contributed by atoms with Crippen molar-refractivity contribution in [1.29, 1.82) is 0 Å². The minimum atomic E-state index is -0.266. The third kappa shape index (κ3) is 2.71. The summed E-state index contributed by atoms with van der Waals surface area (Å²) >= 11 is 6.09.